The van der Waals surface area contributed by atoms with Crippen LogP contribution in [-0.4, -0.2) is 39.5 Å². The predicted molar refractivity (Wildman–Crippen MR) is 140 cm³/mol. The van der Waals surface area contributed by atoms with Crippen molar-refractivity contribution in [3.8, 4) is 0 Å². The van der Waals surface area contributed by atoms with Gasteiger partial charge in [-0.3, -0.25) is 0 Å². The molecule has 3 rings (SSSR count). The Morgan fingerprint density at radius 2 is 1.91 bits per heavy atom. The smallest absolute Gasteiger partial charge is 0.192 e. The van der Waals surface area contributed by atoms with E-state index in [1.807, 2.05) is 24.6 Å². The van der Waals surface area contributed by atoms with Gasteiger partial charge in [0.05, 0.1) is 12.1 Å². The first-order valence-corrected chi connectivity index (χ1v) is 11.5. The number of ether oxygens (including phenoxy) is 1. The zero-order valence-corrected chi connectivity index (χ0v) is 22.6. The number of halogens is 1. The number of hydrogen-bond acceptors (Lipinski definition) is 4. The second-order valence-electron chi connectivity index (χ2n) is 8.48. The molecule has 7 nitrogen and oxygen atoms in total. The molecule has 0 bridgehead atoms. The number of hydrogen-bond donors (Lipinski definition) is 2. The van der Waals surface area contributed by atoms with E-state index in [2.05, 4.69) is 72.8 Å². The second kappa shape index (κ2) is 12.0. The summed E-state index contributed by atoms with van der Waals surface area (Å²) in [6, 6.07) is 10.9. The standard InChI is InChI=1S/C24H38N6O.HI/c1-7-24(8-2)20(15-21(24)31-9-3)27-23(25-16-22-29-28-18(5)30(22)6)26-17(4)19-13-11-10-12-14-19;/h10-14,17,20-21H,7-9,15-16H2,1-6H3,(H2,25,26,27);1H. The van der Waals surface area contributed by atoms with Gasteiger partial charge in [0.15, 0.2) is 11.8 Å². The maximum Gasteiger partial charge on any atom is 0.192 e. The highest BCUT2D eigenvalue weighted by Crippen LogP contribution is 2.48. The second-order valence-corrected chi connectivity index (χ2v) is 8.48. The average molecular weight is 555 g/mol. The molecule has 1 heterocycles. The molecule has 3 unspecified atom stereocenters. The molecular weight excluding hydrogens is 515 g/mol. The summed E-state index contributed by atoms with van der Waals surface area (Å²) in [6.07, 6.45) is 3.46. The average Bonchev–Trinajstić information content (AvgIpc) is 3.10. The maximum atomic E-state index is 6.06. The van der Waals surface area contributed by atoms with Gasteiger partial charge >= 0.3 is 0 Å². The molecule has 1 aliphatic carbocycles. The van der Waals surface area contributed by atoms with Crippen LogP contribution >= 0.6 is 24.0 Å². The van der Waals surface area contributed by atoms with Crippen LogP contribution in [0.25, 0.3) is 0 Å². The summed E-state index contributed by atoms with van der Waals surface area (Å²) in [6.45, 7) is 12.0. The lowest BCUT2D eigenvalue weighted by atomic mass is 9.58. The highest BCUT2D eigenvalue weighted by atomic mass is 127. The molecular formula is C24H39IN6O. The van der Waals surface area contributed by atoms with Crippen molar-refractivity contribution in [3.63, 3.8) is 0 Å². The zero-order valence-electron chi connectivity index (χ0n) is 20.3. The molecule has 8 heteroatoms. The molecule has 1 saturated carbocycles. The summed E-state index contributed by atoms with van der Waals surface area (Å²) in [5, 5.41) is 15.8. The number of benzene rings is 1. The SMILES string of the molecule is CCOC1CC(NC(=NCc2nnc(C)n2C)NC(C)c2ccccc2)C1(CC)CC.I. The lowest BCUT2D eigenvalue weighted by Gasteiger charge is -2.55. The van der Waals surface area contributed by atoms with Crippen molar-refractivity contribution >= 4 is 29.9 Å². The number of nitrogens with zero attached hydrogens (tertiary/aromatic N) is 4. The summed E-state index contributed by atoms with van der Waals surface area (Å²) >= 11 is 0. The molecule has 0 saturated heterocycles. The van der Waals surface area contributed by atoms with Crippen molar-refractivity contribution in [2.24, 2.45) is 17.5 Å². The first kappa shape index (κ1) is 26.6. The predicted octanol–water partition coefficient (Wildman–Crippen LogP) is 4.52. The van der Waals surface area contributed by atoms with E-state index in [-0.39, 0.29) is 35.4 Å². The molecule has 0 aliphatic heterocycles. The number of rotatable bonds is 9. The van der Waals surface area contributed by atoms with Crippen LogP contribution in [0.5, 0.6) is 0 Å². The van der Waals surface area contributed by atoms with Gasteiger partial charge in [0.25, 0.3) is 0 Å². The van der Waals surface area contributed by atoms with Gasteiger partial charge in [-0.2, -0.15) is 0 Å². The topological polar surface area (TPSA) is 76.4 Å². The summed E-state index contributed by atoms with van der Waals surface area (Å²) in [5.74, 6) is 2.55. The molecule has 1 aromatic carbocycles. The van der Waals surface area contributed by atoms with Crippen LogP contribution in [0.1, 0.15) is 70.2 Å². The highest BCUT2D eigenvalue weighted by Gasteiger charge is 2.53. The lowest BCUT2D eigenvalue weighted by molar-refractivity contribution is -0.133. The van der Waals surface area contributed by atoms with E-state index in [1.165, 1.54) is 5.56 Å². The first-order chi connectivity index (χ1) is 14.9. The maximum absolute atomic E-state index is 6.06. The minimum Gasteiger partial charge on any atom is -0.378 e. The summed E-state index contributed by atoms with van der Waals surface area (Å²) in [4.78, 5) is 4.89. The van der Waals surface area contributed by atoms with E-state index in [4.69, 9.17) is 9.73 Å². The Balaban J connectivity index is 0.00000363. The van der Waals surface area contributed by atoms with Crippen molar-refractivity contribution < 1.29 is 4.74 Å². The lowest BCUT2D eigenvalue weighted by Crippen LogP contribution is -2.65. The monoisotopic (exact) mass is 554 g/mol. The minimum atomic E-state index is 0. The molecule has 1 fully saturated rings. The molecule has 0 radical (unpaired) electrons. The van der Waals surface area contributed by atoms with Crippen LogP contribution < -0.4 is 10.6 Å². The third kappa shape index (κ3) is 5.62. The van der Waals surface area contributed by atoms with Crippen LogP contribution in [0.15, 0.2) is 35.3 Å². The first-order valence-electron chi connectivity index (χ1n) is 11.5. The van der Waals surface area contributed by atoms with Gasteiger partial charge in [-0.15, -0.1) is 34.2 Å². The van der Waals surface area contributed by atoms with Gasteiger partial charge in [0.2, 0.25) is 0 Å². The highest BCUT2D eigenvalue weighted by molar-refractivity contribution is 14.0. The summed E-state index contributed by atoms with van der Waals surface area (Å²) in [5.41, 5.74) is 1.36. The fourth-order valence-corrected chi connectivity index (χ4v) is 4.65. The van der Waals surface area contributed by atoms with Crippen molar-refractivity contribution in [2.75, 3.05) is 6.61 Å². The molecule has 3 atom stereocenters. The number of guanidine groups is 1. The Morgan fingerprint density at radius 1 is 1.22 bits per heavy atom. The fourth-order valence-electron chi connectivity index (χ4n) is 4.65. The van der Waals surface area contributed by atoms with Crippen molar-refractivity contribution in [2.45, 2.75) is 78.6 Å². The Bertz CT molecular complexity index is 865. The van der Waals surface area contributed by atoms with Crippen LogP contribution in [0.2, 0.25) is 0 Å². The zero-order chi connectivity index (χ0) is 22.4. The van der Waals surface area contributed by atoms with Gasteiger partial charge in [-0.05, 0) is 45.6 Å². The Labute approximate surface area is 209 Å². The number of aromatic nitrogens is 3. The molecule has 0 spiro atoms. The molecule has 178 valence electrons. The van der Waals surface area contributed by atoms with Crippen LogP contribution in [-0.2, 0) is 18.3 Å². The van der Waals surface area contributed by atoms with Gasteiger partial charge in [-0.1, -0.05) is 44.2 Å². The van der Waals surface area contributed by atoms with Crippen molar-refractivity contribution in [3.05, 3.63) is 47.5 Å². The van der Waals surface area contributed by atoms with E-state index >= 15 is 0 Å². The van der Waals surface area contributed by atoms with Crippen molar-refractivity contribution in [1.82, 2.24) is 25.4 Å². The van der Waals surface area contributed by atoms with E-state index in [1.54, 1.807) is 0 Å². The number of aliphatic imine (C=N–C) groups is 1. The third-order valence-corrected chi connectivity index (χ3v) is 6.99. The fraction of sp³-hybridized carbons (Fsp3) is 0.625. The third-order valence-electron chi connectivity index (χ3n) is 6.99. The Morgan fingerprint density at radius 3 is 2.47 bits per heavy atom. The molecule has 0 amide bonds. The van der Waals surface area contributed by atoms with Crippen molar-refractivity contribution in [1.29, 1.82) is 0 Å². The Kier molecular flexibility index (Phi) is 9.94. The quantitative estimate of drug-likeness (QED) is 0.271. The number of nitrogens with one attached hydrogen (secondary N) is 2. The number of aryl methyl sites for hydroxylation is 1. The molecule has 2 N–H and O–H groups in total. The minimum absolute atomic E-state index is 0. The molecule has 1 aliphatic rings. The molecule has 1 aromatic heterocycles. The normalized spacial score (nSPS) is 20.8. The van der Waals surface area contributed by atoms with Gasteiger partial charge in [-0.25, -0.2) is 4.99 Å². The van der Waals surface area contributed by atoms with E-state index in [9.17, 15) is 0 Å². The molecule has 32 heavy (non-hydrogen) atoms. The van der Waals surface area contributed by atoms with Gasteiger partial charge in [0, 0.05) is 25.1 Å². The summed E-state index contributed by atoms with van der Waals surface area (Å²) < 4.78 is 8.05. The van der Waals surface area contributed by atoms with Crippen LogP contribution in [0.4, 0.5) is 0 Å². The van der Waals surface area contributed by atoms with E-state index in [0.29, 0.717) is 18.7 Å². The van der Waals surface area contributed by atoms with E-state index < -0.39 is 0 Å². The Hall–Kier alpha value is -1.68. The van der Waals surface area contributed by atoms with Gasteiger partial charge < -0.3 is 19.9 Å². The molecule has 2 aromatic rings. The van der Waals surface area contributed by atoms with Crippen LogP contribution in [0, 0.1) is 12.3 Å². The summed E-state index contributed by atoms with van der Waals surface area (Å²) in [7, 11) is 1.98. The van der Waals surface area contributed by atoms with E-state index in [0.717, 1.165) is 43.5 Å². The largest absolute Gasteiger partial charge is 0.378 e. The van der Waals surface area contributed by atoms with Crippen LogP contribution in [0.3, 0.4) is 0 Å². The van der Waals surface area contributed by atoms with Gasteiger partial charge in [0.1, 0.15) is 12.4 Å².